The summed E-state index contributed by atoms with van der Waals surface area (Å²) in [7, 11) is -3.58. The van der Waals surface area contributed by atoms with Crippen LogP contribution in [-0.4, -0.2) is 14.0 Å². The van der Waals surface area contributed by atoms with E-state index in [0.29, 0.717) is 22.0 Å². The number of hydrogen-bond donors (Lipinski definition) is 1. The normalized spacial score (nSPS) is 18.6. The summed E-state index contributed by atoms with van der Waals surface area (Å²) in [6.07, 6.45) is 2.21. The average molecular weight is 428 g/mol. The van der Waals surface area contributed by atoms with Gasteiger partial charge in [0.1, 0.15) is 11.4 Å². The highest BCUT2D eigenvalue weighted by atomic mass is 35.5. The van der Waals surface area contributed by atoms with Gasteiger partial charge in [0.15, 0.2) is 0 Å². The van der Waals surface area contributed by atoms with Crippen molar-refractivity contribution in [2.45, 2.75) is 50.5 Å². The number of benzene rings is 2. The van der Waals surface area contributed by atoms with Gasteiger partial charge in [-0.05, 0) is 36.6 Å². The fourth-order valence-electron chi connectivity index (χ4n) is 3.51. The maximum atomic E-state index is 12.8. The highest BCUT2D eigenvalue weighted by molar-refractivity contribution is 7.88. The predicted molar refractivity (Wildman–Crippen MR) is 110 cm³/mol. The van der Waals surface area contributed by atoms with Crippen molar-refractivity contribution in [3.63, 3.8) is 0 Å². The Hall–Kier alpha value is -1.27. The summed E-state index contributed by atoms with van der Waals surface area (Å²) in [6, 6.07) is 12.2. The molecule has 4 nitrogen and oxygen atoms in total. The van der Waals surface area contributed by atoms with Crippen LogP contribution in [-0.2, 0) is 15.8 Å². The SMILES string of the molecule is CCC1(CC)C[C@@H](NS(=O)(=O)Cc2ccc(Cl)c(Cl)c2)c2ccccc2O1. The highest BCUT2D eigenvalue weighted by Crippen LogP contribution is 2.43. The first-order valence-electron chi connectivity index (χ1n) is 8.99. The largest absolute Gasteiger partial charge is 0.487 e. The average Bonchev–Trinajstić information content (AvgIpc) is 2.64. The van der Waals surface area contributed by atoms with Gasteiger partial charge in [0, 0.05) is 12.0 Å². The molecule has 0 saturated carbocycles. The van der Waals surface area contributed by atoms with E-state index in [9.17, 15) is 8.42 Å². The number of hydrogen-bond acceptors (Lipinski definition) is 3. The Labute approximate surface area is 170 Å². The second kappa shape index (κ2) is 8.00. The molecule has 146 valence electrons. The van der Waals surface area contributed by atoms with Gasteiger partial charge < -0.3 is 4.74 Å². The monoisotopic (exact) mass is 427 g/mol. The molecule has 0 radical (unpaired) electrons. The molecular formula is C20H23Cl2NO3S. The van der Waals surface area contributed by atoms with Crippen molar-refractivity contribution in [1.82, 2.24) is 4.72 Å². The van der Waals surface area contributed by atoms with Crippen molar-refractivity contribution in [1.29, 1.82) is 0 Å². The van der Waals surface area contributed by atoms with Gasteiger partial charge in [-0.2, -0.15) is 0 Å². The van der Waals surface area contributed by atoms with E-state index < -0.39 is 10.0 Å². The summed E-state index contributed by atoms with van der Waals surface area (Å²) in [5, 5.41) is 0.747. The van der Waals surface area contributed by atoms with Crippen LogP contribution in [0, 0.1) is 0 Å². The molecule has 0 bridgehead atoms. The van der Waals surface area contributed by atoms with Crippen molar-refractivity contribution in [2.75, 3.05) is 0 Å². The number of sulfonamides is 1. The molecule has 7 heteroatoms. The van der Waals surface area contributed by atoms with Crippen LogP contribution < -0.4 is 9.46 Å². The zero-order valence-corrected chi connectivity index (χ0v) is 17.7. The van der Waals surface area contributed by atoms with Crippen molar-refractivity contribution < 1.29 is 13.2 Å². The summed E-state index contributed by atoms with van der Waals surface area (Å²) in [5.41, 5.74) is 1.09. The molecule has 1 aliphatic heterocycles. The second-order valence-electron chi connectivity index (χ2n) is 6.91. The summed E-state index contributed by atoms with van der Waals surface area (Å²) < 4.78 is 34.8. The lowest BCUT2D eigenvalue weighted by molar-refractivity contribution is 0.0260. The zero-order valence-electron chi connectivity index (χ0n) is 15.3. The van der Waals surface area contributed by atoms with Crippen molar-refractivity contribution in [2.24, 2.45) is 0 Å². The second-order valence-corrected chi connectivity index (χ2v) is 9.48. The van der Waals surface area contributed by atoms with E-state index in [2.05, 4.69) is 18.6 Å². The van der Waals surface area contributed by atoms with Gasteiger partial charge in [-0.25, -0.2) is 13.1 Å². The smallest absolute Gasteiger partial charge is 0.216 e. The van der Waals surface area contributed by atoms with E-state index in [1.165, 1.54) is 0 Å². The van der Waals surface area contributed by atoms with Crippen LogP contribution in [0.3, 0.4) is 0 Å². The third kappa shape index (κ3) is 4.60. The highest BCUT2D eigenvalue weighted by Gasteiger charge is 2.39. The van der Waals surface area contributed by atoms with E-state index in [-0.39, 0.29) is 17.4 Å². The fourth-order valence-corrected chi connectivity index (χ4v) is 5.18. The van der Waals surface area contributed by atoms with Gasteiger partial charge in [-0.15, -0.1) is 0 Å². The number of rotatable bonds is 6. The molecule has 1 atom stereocenters. The van der Waals surface area contributed by atoms with E-state index >= 15 is 0 Å². The van der Waals surface area contributed by atoms with Gasteiger partial charge in [-0.3, -0.25) is 0 Å². The number of nitrogens with one attached hydrogen (secondary N) is 1. The lowest BCUT2D eigenvalue weighted by atomic mass is 9.84. The maximum absolute atomic E-state index is 12.8. The van der Waals surface area contributed by atoms with E-state index in [1.54, 1.807) is 18.2 Å². The zero-order chi connectivity index (χ0) is 19.7. The van der Waals surface area contributed by atoms with Gasteiger partial charge in [-0.1, -0.05) is 61.3 Å². The third-order valence-corrected chi connectivity index (χ3v) is 7.24. The third-order valence-electron chi connectivity index (χ3n) is 5.15. The van der Waals surface area contributed by atoms with E-state index in [0.717, 1.165) is 24.2 Å². The minimum atomic E-state index is -3.58. The molecule has 2 aromatic rings. The molecule has 0 unspecified atom stereocenters. The molecule has 1 aliphatic rings. The van der Waals surface area contributed by atoms with Crippen LogP contribution in [0.2, 0.25) is 10.0 Å². The predicted octanol–water partition coefficient (Wildman–Crippen LogP) is 5.50. The number of ether oxygens (including phenoxy) is 1. The molecule has 0 amide bonds. The first-order valence-corrected chi connectivity index (χ1v) is 11.4. The molecule has 0 saturated heterocycles. The van der Waals surface area contributed by atoms with Crippen LogP contribution in [0.1, 0.15) is 50.3 Å². The Morgan fingerprint density at radius 1 is 1.11 bits per heavy atom. The van der Waals surface area contributed by atoms with Gasteiger partial charge in [0.2, 0.25) is 10.0 Å². The molecule has 0 fully saturated rings. The minimum absolute atomic E-state index is 0.158. The molecule has 1 heterocycles. The molecule has 0 spiro atoms. The molecular weight excluding hydrogens is 405 g/mol. The van der Waals surface area contributed by atoms with Gasteiger partial charge >= 0.3 is 0 Å². The standard InChI is InChI=1S/C20H23Cl2NO3S/c1-3-20(4-2)12-18(15-7-5-6-8-19(15)26-20)23-27(24,25)13-14-9-10-16(21)17(22)11-14/h5-11,18,23H,3-4,12-13H2,1-2H3/t18-/m1/s1. The topological polar surface area (TPSA) is 55.4 Å². The maximum Gasteiger partial charge on any atom is 0.216 e. The fraction of sp³-hybridized carbons (Fsp3) is 0.400. The quantitative estimate of drug-likeness (QED) is 0.662. The van der Waals surface area contributed by atoms with Crippen LogP contribution in [0.15, 0.2) is 42.5 Å². The van der Waals surface area contributed by atoms with Crippen LogP contribution in [0.4, 0.5) is 0 Å². The molecule has 1 N–H and O–H groups in total. The lowest BCUT2D eigenvalue weighted by Gasteiger charge is -2.41. The Balaban J connectivity index is 1.87. The van der Waals surface area contributed by atoms with E-state index in [4.69, 9.17) is 27.9 Å². The van der Waals surface area contributed by atoms with Crippen molar-refractivity contribution in [3.05, 3.63) is 63.6 Å². The summed E-state index contributed by atoms with van der Waals surface area (Å²) in [4.78, 5) is 0. The Morgan fingerprint density at radius 2 is 1.81 bits per heavy atom. The van der Waals surface area contributed by atoms with Crippen LogP contribution in [0.5, 0.6) is 5.75 Å². The van der Waals surface area contributed by atoms with Gasteiger partial charge in [0.25, 0.3) is 0 Å². The molecule has 27 heavy (non-hydrogen) atoms. The van der Waals surface area contributed by atoms with Crippen LogP contribution in [0.25, 0.3) is 0 Å². The summed E-state index contributed by atoms with van der Waals surface area (Å²) in [5.74, 6) is 0.587. The molecule has 3 rings (SSSR count). The van der Waals surface area contributed by atoms with Crippen molar-refractivity contribution in [3.8, 4) is 5.75 Å². The lowest BCUT2D eigenvalue weighted by Crippen LogP contribution is -2.44. The Kier molecular flexibility index (Phi) is 6.06. The molecule has 0 aromatic heterocycles. The number of fused-ring (bicyclic) bond motifs is 1. The number of halogens is 2. The van der Waals surface area contributed by atoms with E-state index in [1.807, 2.05) is 24.3 Å². The molecule has 0 aliphatic carbocycles. The minimum Gasteiger partial charge on any atom is -0.487 e. The summed E-state index contributed by atoms with van der Waals surface area (Å²) in [6.45, 7) is 4.14. The summed E-state index contributed by atoms with van der Waals surface area (Å²) >= 11 is 11.9. The number of para-hydroxylation sites is 1. The first kappa shape index (κ1) is 20.5. The Bertz CT molecular complexity index is 927. The molecule has 2 aromatic carbocycles. The first-order chi connectivity index (χ1) is 12.8. The van der Waals surface area contributed by atoms with Crippen molar-refractivity contribution >= 4 is 33.2 Å². The van der Waals surface area contributed by atoms with Crippen LogP contribution >= 0.6 is 23.2 Å². The Morgan fingerprint density at radius 3 is 2.48 bits per heavy atom. The van der Waals surface area contributed by atoms with Gasteiger partial charge in [0.05, 0.1) is 21.8 Å².